The van der Waals surface area contributed by atoms with Crippen molar-refractivity contribution in [2.24, 2.45) is 0 Å². The third-order valence-corrected chi connectivity index (χ3v) is 5.11. The fourth-order valence-corrected chi connectivity index (χ4v) is 3.89. The molecule has 2 aromatic carbocycles. The summed E-state index contributed by atoms with van der Waals surface area (Å²) in [7, 11) is 0. The SMILES string of the molecule is CCCN(C(=O)c1cccc2c1OCO2)C1CCc2ccccc2C1. The summed E-state index contributed by atoms with van der Waals surface area (Å²) in [4.78, 5) is 15.3. The molecule has 1 aliphatic carbocycles. The van der Waals surface area contributed by atoms with E-state index < -0.39 is 0 Å². The van der Waals surface area contributed by atoms with Gasteiger partial charge in [-0.2, -0.15) is 0 Å². The average Bonchev–Trinajstić information content (AvgIpc) is 3.14. The molecule has 1 heterocycles. The Morgan fingerprint density at radius 2 is 1.96 bits per heavy atom. The van der Waals surface area contributed by atoms with Crippen molar-refractivity contribution in [3.8, 4) is 11.5 Å². The Labute approximate surface area is 148 Å². The normalized spacial score (nSPS) is 17.9. The fraction of sp³-hybridized carbons (Fsp3) is 0.381. The lowest BCUT2D eigenvalue weighted by molar-refractivity contribution is 0.0657. The summed E-state index contributed by atoms with van der Waals surface area (Å²) in [6.07, 6.45) is 3.90. The van der Waals surface area contributed by atoms with E-state index in [1.165, 1.54) is 11.1 Å². The molecule has 0 N–H and O–H groups in total. The van der Waals surface area contributed by atoms with Gasteiger partial charge in [-0.3, -0.25) is 4.79 Å². The second-order valence-electron chi connectivity index (χ2n) is 6.70. The number of ether oxygens (including phenoxy) is 2. The van der Waals surface area contributed by atoms with Crippen LogP contribution in [0.25, 0.3) is 0 Å². The number of hydrogen-bond acceptors (Lipinski definition) is 3. The Morgan fingerprint density at radius 3 is 2.80 bits per heavy atom. The monoisotopic (exact) mass is 337 g/mol. The van der Waals surface area contributed by atoms with Crippen LogP contribution in [0.4, 0.5) is 0 Å². The molecule has 25 heavy (non-hydrogen) atoms. The number of para-hydroxylation sites is 1. The van der Waals surface area contributed by atoms with Gasteiger partial charge in [0, 0.05) is 12.6 Å². The molecule has 1 amide bonds. The molecule has 4 heteroatoms. The van der Waals surface area contributed by atoms with Gasteiger partial charge in [-0.05, 0) is 48.9 Å². The first kappa shape index (κ1) is 16.0. The summed E-state index contributed by atoms with van der Waals surface area (Å²) >= 11 is 0. The smallest absolute Gasteiger partial charge is 0.258 e. The Hall–Kier alpha value is -2.49. The topological polar surface area (TPSA) is 38.8 Å². The highest BCUT2D eigenvalue weighted by atomic mass is 16.7. The minimum absolute atomic E-state index is 0.0496. The highest BCUT2D eigenvalue weighted by molar-refractivity contribution is 5.98. The lowest BCUT2D eigenvalue weighted by atomic mass is 9.87. The predicted molar refractivity (Wildman–Crippen MR) is 96.1 cm³/mol. The lowest BCUT2D eigenvalue weighted by Gasteiger charge is -2.35. The molecule has 1 atom stereocenters. The quantitative estimate of drug-likeness (QED) is 0.851. The van der Waals surface area contributed by atoms with Gasteiger partial charge < -0.3 is 14.4 Å². The number of benzene rings is 2. The maximum Gasteiger partial charge on any atom is 0.258 e. The predicted octanol–water partition coefficient (Wildman–Crippen LogP) is 3.83. The number of aryl methyl sites for hydroxylation is 1. The van der Waals surface area contributed by atoms with Crippen LogP contribution < -0.4 is 9.47 Å². The van der Waals surface area contributed by atoms with Crippen molar-refractivity contribution in [1.82, 2.24) is 4.90 Å². The zero-order valence-corrected chi connectivity index (χ0v) is 14.5. The van der Waals surface area contributed by atoms with Crippen molar-refractivity contribution < 1.29 is 14.3 Å². The van der Waals surface area contributed by atoms with E-state index in [1.54, 1.807) is 0 Å². The van der Waals surface area contributed by atoms with E-state index in [0.29, 0.717) is 17.1 Å². The molecule has 130 valence electrons. The second-order valence-corrected chi connectivity index (χ2v) is 6.70. The minimum Gasteiger partial charge on any atom is -0.454 e. The van der Waals surface area contributed by atoms with E-state index in [2.05, 4.69) is 31.2 Å². The first-order chi connectivity index (χ1) is 12.3. The summed E-state index contributed by atoms with van der Waals surface area (Å²) in [6.45, 7) is 3.06. The molecule has 2 aliphatic rings. The van der Waals surface area contributed by atoms with Gasteiger partial charge in [0.05, 0.1) is 5.56 Å². The summed E-state index contributed by atoms with van der Waals surface area (Å²) in [5.41, 5.74) is 3.40. The van der Waals surface area contributed by atoms with Gasteiger partial charge in [0.25, 0.3) is 5.91 Å². The number of carbonyl (C=O) groups is 1. The van der Waals surface area contributed by atoms with Crippen LogP contribution in [-0.2, 0) is 12.8 Å². The molecule has 2 aromatic rings. The highest BCUT2D eigenvalue weighted by Crippen LogP contribution is 2.36. The molecule has 0 radical (unpaired) electrons. The number of nitrogens with zero attached hydrogens (tertiary/aromatic N) is 1. The molecule has 0 fully saturated rings. The molecule has 0 saturated carbocycles. The van der Waals surface area contributed by atoms with Gasteiger partial charge in [0.1, 0.15) is 0 Å². The first-order valence-electron chi connectivity index (χ1n) is 9.04. The Balaban J connectivity index is 1.62. The van der Waals surface area contributed by atoms with E-state index >= 15 is 0 Å². The van der Waals surface area contributed by atoms with E-state index in [9.17, 15) is 4.79 Å². The number of fused-ring (bicyclic) bond motifs is 2. The summed E-state index contributed by atoms with van der Waals surface area (Å²) in [5, 5.41) is 0. The highest BCUT2D eigenvalue weighted by Gasteiger charge is 2.31. The van der Waals surface area contributed by atoms with Crippen LogP contribution >= 0.6 is 0 Å². The fourth-order valence-electron chi connectivity index (χ4n) is 3.89. The molecule has 4 nitrogen and oxygen atoms in total. The van der Waals surface area contributed by atoms with Crippen molar-refractivity contribution in [2.75, 3.05) is 13.3 Å². The van der Waals surface area contributed by atoms with E-state index in [4.69, 9.17) is 9.47 Å². The summed E-state index contributed by atoms with van der Waals surface area (Å²) in [6, 6.07) is 14.4. The average molecular weight is 337 g/mol. The molecule has 0 bridgehead atoms. The number of rotatable bonds is 4. The molecule has 0 aromatic heterocycles. The molecule has 0 spiro atoms. The van der Waals surface area contributed by atoms with E-state index in [0.717, 1.165) is 32.2 Å². The Kier molecular flexibility index (Phi) is 4.35. The third-order valence-electron chi connectivity index (χ3n) is 5.11. The van der Waals surface area contributed by atoms with Gasteiger partial charge >= 0.3 is 0 Å². The van der Waals surface area contributed by atoms with Crippen molar-refractivity contribution in [2.45, 2.75) is 38.6 Å². The van der Waals surface area contributed by atoms with Crippen LogP contribution in [0.1, 0.15) is 41.3 Å². The van der Waals surface area contributed by atoms with Gasteiger partial charge in [-0.15, -0.1) is 0 Å². The van der Waals surface area contributed by atoms with Crippen LogP contribution in [0.5, 0.6) is 11.5 Å². The van der Waals surface area contributed by atoms with Gasteiger partial charge in [0.2, 0.25) is 6.79 Å². The molecular formula is C21H23NO3. The molecule has 0 saturated heterocycles. The minimum atomic E-state index is 0.0496. The number of carbonyl (C=O) groups excluding carboxylic acids is 1. The Morgan fingerprint density at radius 1 is 1.12 bits per heavy atom. The summed E-state index contributed by atoms with van der Waals surface area (Å²) < 4.78 is 11.0. The van der Waals surface area contributed by atoms with Crippen LogP contribution in [0, 0.1) is 0 Å². The van der Waals surface area contributed by atoms with E-state index in [1.807, 2.05) is 23.1 Å². The van der Waals surface area contributed by atoms with Crippen molar-refractivity contribution in [1.29, 1.82) is 0 Å². The Bertz CT molecular complexity index is 786. The standard InChI is InChI=1S/C21H23NO3/c1-2-12-22(17-11-10-15-6-3-4-7-16(15)13-17)21(23)18-8-5-9-19-20(18)25-14-24-19/h3-9,17H,2,10-14H2,1H3. The molecular weight excluding hydrogens is 314 g/mol. The maximum absolute atomic E-state index is 13.3. The zero-order chi connectivity index (χ0) is 17.2. The zero-order valence-electron chi connectivity index (χ0n) is 14.5. The van der Waals surface area contributed by atoms with Gasteiger partial charge in [0.15, 0.2) is 11.5 Å². The van der Waals surface area contributed by atoms with Crippen LogP contribution in [0.2, 0.25) is 0 Å². The van der Waals surface area contributed by atoms with Crippen molar-refractivity contribution in [3.63, 3.8) is 0 Å². The molecule has 4 rings (SSSR count). The maximum atomic E-state index is 13.3. The van der Waals surface area contributed by atoms with Crippen LogP contribution in [0.3, 0.4) is 0 Å². The molecule has 1 aliphatic heterocycles. The van der Waals surface area contributed by atoms with Gasteiger partial charge in [-0.1, -0.05) is 37.3 Å². The third kappa shape index (κ3) is 2.97. The van der Waals surface area contributed by atoms with Crippen molar-refractivity contribution in [3.05, 3.63) is 59.2 Å². The van der Waals surface area contributed by atoms with E-state index in [-0.39, 0.29) is 18.7 Å². The van der Waals surface area contributed by atoms with Crippen LogP contribution in [0.15, 0.2) is 42.5 Å². The van der Waals surface area contributed by atoms with Crippen LogP contribution in [-0.4, -0.2) is 30.2 Å². The van der Waals surface area contributed by atoms with Gasteiger partial charge in [-0.25, -0.2) is 0 Å². The summed E-state index contributed by atoms with van der Waals surface area (Å²) in [5.74, 6) is 1.30. The largest absolute Gasteiger partial charge is 0.454 e. The number of amides is 1. The first-order valence-corrected chi connectivity index (χ1v) is 9.04. The lowest BCUT2D eigenvalue weighted by Crippen LogP contribution is -2.44. The second kappa shape index (κ2) is 6.79. The molecule has 1 unspecified atom stereocenters. The van der Waals surface area contributed by atoms with Crippen molar-refractivity contribution >= 4 is 5.91 Å². The number of hydrogen-bond donors (Lipinski definition) is 0.